The first-order chi connectivity index (χ1) is 20.1. The summed E-state index contributed by atoms with van der Waals surface area (Å²) in [6.07, 6.45) is 31.5. The smallest absolute Gasteiger partial charge is 0.276 e. The minimum atomic E-state index is -3.68. The monoisotopic (exact) mass is 603 g/mol. The summed E-state index contributed by atoms with van der Waals surface area (Å²) in [4.78, 5) is 0. The van der Waals surface area contributed by atoms with Gasteiger partial charge in [-0.25, -0.2) is 0 Å². The first kappa shape index (κ1) is 39.7. The summed E-state index contributed by atoms with van der Waals surface area (Å²) in [6.45, 7) is 0. The predicted molar refractivity (Wildman–Crippen MR) is 171 cm³/mol. The molecule has 7 nitrogen and oxygen atoms in total. The van der Waals surface area contributed by atoms with Crippen molar-refractivity contribution in [2.75, 3.05) is 0 Å². The van der Waals surface area contributed by atoms with Crippen molar-refractivity contribution in [3.05, 3.63) is 0 Å². The van der Waals surface area contributed by atoms with Gasteiger partial charge in [-0.05, 0) is 12.8 Å². The average Bonchev–Trinajstić information content (AvgIpc) is 2.95. The van der Waals surface area contributed by atoms with Crippen LogP contribution < -0.4 is 0 Å². The van der Waals surface area contributed by atoms with Gasteiger partial charge >= 0.3 is 0 Å². The molecular weight excluding hydrogens is 532 g/mol. The lowest BCUT2D eigenvalue weighted by atomic mass is 9.86. The Bertz CT molecular complexity index is 608. The Balaban J connectivity index is 2.41. The molecule has 0 amide bonds. The molecule has 0 bridgehead atoms. The third kappa shape index (κ3) is 17.3. The molecule has 1 aliphatic rings. The van der Waals surface area contributed by atoms with Gasteiger partial charge in [-0.15, -0.1) is 0 Å². The molecule has 0 radical (unpaired) electrons. The van der Waals surface area contributed by atoms with Gasteiger partial charge in [-0.1, -0.05) is 180 Å². The Kier molecular flexibility index (Phi) is 22.7. The molecule has 0 saturated heterocycles. The Morgan fingerprint density at radius 1 is 0.310 bits per heavy atom. The van der Waals surface area contributed by atoms with Crippen molar-refractivity contribution >= 4 is 0 Å². The van der Waals surface area contributed by atoms with E-state index in [1.165, 1.54) is 128 Å². The lowest BCUT2D eigenvalue weighted by molar-refractivity contribution is -0.467. The summed E-state index contributed by atoms with van der Waals surface area (Å²) in [5.74, 6) is -10.3. The second-order valence-corrected chi connectivity index (χ2v) is 13.5. The van der Waals surface area contributed by atoms with E-state index in [1.807, 2.05) is 0 Å². The molecule has 0 heterocycles. The highest BCUT2D eigenvalue weighted by molar-refractivity contribution is 4.97. The normalized spacial score (nSPS) is 27.6. The van der Waals surface area contributed by atoms with Gasteiger partial charge in [0.15, 0.2) is 0 Å². The van der Waals surface area contributed by atoms with Gasteiger partial charge in [-0.2, -0.15) is 0 Å². The van der Waals surface area contributed by atoms with Gasteiger partial charge in [0.05, 0.1) is 0 Å². The van der Waals surface area contributed by atoms with Gasteiger partial charge in [-0.3, -0.25) is 0 Å². The van der Waals surface area contributed by atoms with Gasteiger partial charge in [0.2, 0.25) is 5.79 Å². The van der Waals surface area contributed by atoms with Gasteiger partial charge < -0.3 is 35.7 Å². The third-order valence-electron chi connectivity index (χ3n) is 9.54. The molecule has 0 aromatic heterocycles. The van der Waals surface area contributed by atoms with Crippen molar-refractivity contribution in [2.45, 2.75) is 223 Å². The maximum atomic E-state index is 10.3. The van der Waals surface area contributed by atoms with Crippen molar-refractivity contribution in [2.24, 2.45) is 0 Å². The molecule has 0 aromatic rings. The largest absolute Gasteiger partial charge is 0.387 e. The van der Waals surface area contributed by atoms with Crippen LogP contribution in [0.4, 0.5) is 0 Å². The highest BCUT2D eigenvalue weighted by Gasteiger charge is 2.63. The van der Waals surface area contributed by atoms with E-state index in [0.29, 0.717) is 19.3 Å². The van der Waals surface area contributed by atoms with Crippen LogP contribution in [-0.2, 0) is 0 Å². The van der Waals surface area contributed by atoms with E-state index in [0.717, 1.165) is 38.5 Å². The second kappa shape index (κ2) is 24.0. The molecule has 7 heteroatoms. The number of hydrogen-bond acceptors (Lipinski definition) is 7. The van der Waals surface area contributed by atoms with E-state index < -0.39 is 29.9 Å². The van der Waals surface area contributed by atoms with Crippen LogP contribution in [0.1, 0.15) is 199 Å². The fourth-order valence-electron chi connectivity index (χ4n) is 6.38. The zero-order valence-corrected chi connectivity index (χ0v) is 27.1. The summed E-state index contributed by atoms with van der Waals surface area (Å²) in [5, 5.41) is 72.4. The molecule has 1 saturated carbocycles. The van der Waals surface area contributed by atoms with E-state index in [4.69, 9.17) is 0 Å². The SMILES string of the molecule is OC1CCCCCCCCCCCCCCCCCCCCCCCCCCCCCCCC(O)(O)C(O)(O)C1(O)O. The number of aliphatic hydroxyl groups is 7. The summed E-state index contributed by atoms with van der Waals surface area (Å²) < 4.78 is 0. The number of rotatable bonds is 0. The van der Waals surface area contributed by atoms with E-state index in [9.17, 15) is 35.7 Å². The van der Waals surface area contributed by atoms with Crippen LogP contribution in [-0.4, -0.2) is 59.2 Å². The first-order valence-corrected chi connectivity index (χ1v) is 18.2. The fourth-order valence-corrected chi connectivity index (χ4v) is 6.38. The van der Waals surface area contributed by atoms with Gasteiger partial charge in [0.25, 0.3) is 11.6 Å². The minimum Gasteiger partial charge on any atom is -0.387 e. The van der Waals surface area contributed by atoms with E-state index in [-0.39, 0.29) is 6.42 Å². The highest BCUT2D eigenvalue weighted by atomic mass is 16.7. The Hall–Kier alpha value is -0.280. The Morgan fingerprint density at radius 3 is 0.786 bits per heavy atom. The molecule has 1 aliphatic carbocycles. The van der Waals surface area contributed by atoms with E-state index in [2.05, 4.69) is 0 Å². The molecule has 7 N–H and O–H groups in total. The van der Waals surface area contributed by atoms with E-state index >= 15 is 0 Å². The lowest BCUT2D eigenvalue weighted by Crippen LogP contribution is -2.72. The van der Waals surface area contributed by atoms with Crippen LogP contribution in [0, 0.1) is 0 Å². The van der Waals surface area contributed by atoms with Crippen LogP contribution in [0.2, 0.25) is 0 Å². The summed E-state index contributed by atoms with van der Waals surface area (Å²) in [7, 11) is 0. The van der Waals surface area contributed by atoms with Crippen molar-refractivity contribution in [1.29, 1.82) is 0 Å². The zero-order chi connectivity index (χ0) is 31.0. The van der Waals surface area contributed by atoms with Gasteiger partial charge in [0.1, 0.15) is 6.10 Å². The Morgan fingerprint density at radius 2 is 0.524 bits per heavy atom. The molecule has 0 aromatic carbocycles. The second-order valence-electron chi connectivity index (χ2n) is 13.5. The van der Waals surface area contributed by atoms with Gasteiger partial charge in [0, 0.05) is 6.42 Å². The van der Waals surface area contributed by atoms with Crippen LogP contribution >= 0.6 is 0 Å². The maximum Gasteiger partial charge on any atom is 0.276 e. The molecule has 1 fully saturated rings. The molecule has 1 atom stereocenters. The van der Waals surface area contributed by atoms with Crippen LogP contribution in [0.15, 0.2) is 0 Å². The third-order valence-corrected chi connectivity index (χ3v) is 9.54. The highest BCUT2D eigenvalue weighted by Crippen LogP contribution is 2.35. The molecule has 252 valence electrons. The molecule has 0 aliphatic heterocycles. The number of hydrogen-bond donors (Lipinski definition) is 7. The Labute approximate surface area is 258 Å². The number of aliphatic hydroxyl groups excluding tert-OH is 1. The maximum absolute atomic E-state index is 10.3. The summed E-state index contributed by atoms with van der Waals surface area (Å²) in [6, 6.07) is 0. The van der Waals surface area contributed by atoms with E-state index in [1.54, 1.807) is 0 Å². The summed E-state index contributed by atoms with van der Waals surface area (Å²) >= 11 is 0. The fraction of sp³-hybridized carbons (Fsp3) is 1.00. The minimum absolute atomic E-state index is 0.0774. The van der Waals surface area contributed by atoms with Crippen molar-refractivity contribution < 1.29 is 35.7 Å². The summed E-state index contributed by atoms with van der Waals surface area (Å²) in [5.41, 5.74) is 0. The van der Waals surface area contributed by atoms with Crippen LogP contribution in [0.3, 0.4) is 0 Å². The standard InChI is InChI=1S/C35H70O7/c36-32-30-28-26-24-22-20-18-16-14-12-10-8-6-4-2-1-3-5-7-9-11-13-15-17-19-21-23-25-27-29-31-33(37,38)35(41,42)34(32,39)40/h32,36-42H,1-31H2. The predicted octanol–water partition coefficient (Wildman–Crippen LogP) is 7.50. The molecule has 1 unspecified atom stereocenters. The average molecular weight is 603 g/mol. The zero-order valence-electron chi connectivity index (χ0n) is 27.1. The topological polar surface area (TPSA) is 142 Å². The molecule has 0 spiro atoms. The van der Waals surface area contributed by atoms with Crippen LogP contribution in [0.5, 0.6) is 0 Å². The molecule has 42 heavy (non-hydrogen) atoms. The molecular formula is C35H70O7. The first-order valence-electron chi connectivity index (χ1n) is 18.2. The van der Waals surface area contributed by atoms with Crippen molar-refractivity contribution in [3.8, 4) is 0 Å². The van der Waals surface area contributed by atoms with Crippen molar-refractivity contribution in [1.82, 2.24) is 0 Å². The molecule has 1 rings (SSSR count). The van der Waals surface area contributed by atoms with Crippen LogP contribution in [0.25, 0.3) is 0 Å². The van der Waals surface area contributed by atoms with Crippen molar-refractivity contribution in [3.63, 3.8) is 0 Å². The quantitative estimate of drug-likeness (QED) is 0.142. The lowest BCUT2D eigenvalue weighted by Gasteiger charge is -2.44.